The largest absolute Gasteiger partial charge is 0.390 e. The second kappa shape index (κ2) is 4.45. The first kappa shape index (κ1) is 15.0. The molecule has 0 aromatic heterocycles. The van der Waals surface area contributed by atoms with Gasteiger partial charge in [-0.1, -0.05) is 41.5 Å². The molecule has 0 saturated carbocycles. The van der Waals surface area contributed by atoms with Crippen molar-refractivity contribution in [3.8, 4) is 0 Å². The van der Waals surface area contributed by atoms with E-state index in [0.29, 0.717) is 11.3 Å². The molecule has 0 saturated heterocycles. The maximum atomic E-state index is 9.77. The van der Waals surface area contributed by atoms with E-state index < -0.39 is 5.60 Å². The molecule has 0 amide bonds. The van der Waals surface area contributed by atoms with Gasteiger partial charge in [0, 0.05) is 0 Å². The molecular weight excluding hydrogens is 184 g/mol. The first-order chi connectivity index (χ1) is 6.36. The monoisotopic (exact) mass is 214 g/mol. The Kier molecular flexibility index (Phi) is 4.44. The molecule has 92 valence electrons. The highest BCUT2D eigenvalue weighted by Crippen LogP contribution is 2.43. The number of hydrogen-bond donors (Lipinski definition) is 1. The van der Waals surface area contributed by atoms with Crippen molar-refractivity contribution in [1.29, 1.82) is 0 Å². The topological polar surface area (TPSA) is 20.2 Å². The van der Waals surface area contributed by atoms with Gasteiger partial charge >= 0.3 is 0 Å². The first-order valence-corrected chi connectivity index (χ1v) is 6.09. The van der Waals surface area contributed by atoms with Crippen LogP contribution in [-0.4, -0.2) is 10.7 Å². The second-order valence-electron chi connectivity index (χ2n) is 7.39. The lowest BCUT2D eigenvalue weighted by Gasteiger charge is -2.41. The van der Waals surface area contributed by atoms with E-state index in [4.69, 9.17) is 0 Å². The summed E-state index contributed by atoms with van der Waals surface area (Å²) in [7, 11) is 0. The molecule has 1 N–H and O–H groups in total. The third-order valence-corrected chi connectivity index (χ3v) is 3.85. The third-order valence-electron chi connectivity index (χ3n) is 3.85. The lowest BCUT2D eigenvalue weighted by Crippen LogP contribution is -2.34. The van der Waals surface area contributed by atoms with Gasteiger partial charge in [0.25, 0.3) is 0 Å². The zero-order valence-corrected chi connectivity index (χ0v) is 11.9. The van der Waals surface area contributed by atoms with Crippen LogP contribution in [0.5, 0.6) is 0 Å². The van der Waals surface area contributed by atoms with Crippen LogP contribution in [0.2, 0.25) is 0 Å². The summed E-state index contributed by atoms with van der Waals surface area (Å²) in [5.41, 5.74) is 0.0935. The van der Waals surface area contributed by atoms with E-state index in [1.165, 1.54) is 0 Å². The molecule has 0 aliphatic heterocycles. The molecule has 0 aliphatic rings. The molecule has 1 heteroatoms. The Hall–Kier alpha value is -0.0400. The molecule has 0 aromatic carbocycles. The Morgan fingerprint density at radius 2 is 1.27 bits per heavy atom. The summed E-state index contributed by atoms with van der Waals surface area (Å²) in [5.74, 6) is 0.646. The van der Waals surface area contributed by atoms with Crippen LogP contribution in [-0.2, 0) is 0 Å². The Labute approximate surface area is 96.3 Å². The van der Waals surface area contributed by atoms with E-state index in [-0.39, 0.29) is 5.41 Å². The minimum absolute atomic E-state index is 0.290. The van der Waals surface area contributed by atoms with Crippen LogP contribution >= 0.6 is 0 Å². The number of hydrogen-bond acceptors (Lipinski definition) is 1. The van der Waals surface area contributed by atoms with Gasteiger partial charge in [-0.15, -0.1) is 0 Å². The highest BCUT2D eigenvalue weighted by atomic mass is 16.3. The average Bonchev–Trinajstić information content (AvgIpc) is 1.97. The van der Waals surface area contributed by atoms with Gasteiger partial charge in [-0.05, 0) is 43.4 Å². The minimum atomic E-state index is -0.533. The van der Waals surface area contributed by atoms with Crippen LogP contribution in [0, 0.1) is 16.7 Å². The Bertz CT molecular complexity index is 190. The van der Waals surface area contributed by atoms with Crippen molar-refractivity contribution in [2.24, 2.45) is 16.7 Å². The van der Waals surface area contributed by atoms with E-state index in [9.17, 15) is 5.11 Å². The van der Waals surface area contributed by atoms with Gasteiger partial charge in [0.05, 0.1) is 5.60 Å². The summed E-state index contributed by atoms with van der Waals surface area (Å²) in [6.45, 7) is 17.6. The van der Waals surface area contributed by atoms with E-state index in [2.05, 4.69) is 41.5 Å². The zero-order chi connectivity index (χ0) is 12.5. The summed E-state index contributed by atoms with van der Waals surface area (Å²) in [5, 5.41) is 9.77. The summed E-state index contributed by atoms with van der Waals surface area (Å²) in [6.07, 6.45) is 1.95. The van der Waals surface area contributed by atoms with E-state index in [1.807, 2.05) is 13.8 Å². The standard InChI is InChI=1S/C14H30O/c1-11(12(2,3)4)13(5,6)9-10-14(7,8)15/h11,15H,9-10H2,1-8H3/t11-/m1/s1. The van der Waals surface area contributed by atoms with Crippen molar-refractivity contribution in [2.75, 3.05) is 0 Å². The minimum Gasteiger partial charge on any atom is -0.390 e. The lowest BCUT2D eigenvalue weighted by atomic mass is 9.64. The molecule has 0 aromatic rings. The Morgan fingerprint density at radius 1 is 0.867 bits per heavy atom. The number of rotatable bonds is 4. The highest BCUT2D eigenvalue weighted by Gasteiger charge is 2.35. The van der Waals surface area contributed by atoms with Gasteiger partial charge in [0.2, 0.25) is 0 Å². The Balaban J connectivity index is 4.43. The zero-order valence-electron chi connectivity index (χ0n) is 11.9. The van der Waals surface area contributed by atoms with Crippen molar-refractivity contribution in [2.45, 2.75) is 73.8 Å². The molecule has 0 bridgehead atoms. The average molecular weight is 214 g/mol. The van der Waals surface area contributed by atoms with Crippen LogP contribution in [0.3, 0.4) is 0 Å². The van der Waals surface area contributed by atoms with Crippen LogP contribution in [0.4, 0.5) is 0 Å². The quantitative estimate of drug-likeness (QED) is 0.742. The fourth-order valence-electron chi connectivity index (χ4n) is 2.02. The van der Waals surface area contributed by atoms with E-state index >= 15 is 0 Å². The van der Waals surface area contributed by atoms with Crippen LogP contribution in [0.1, 0.15) is 68.2 Å². The molecule has 1 nitrogen and oxygen atoms in total. The molecule has 15 heavy (non-hydrogen) atoms. The first-order valence-electron chi connectivity index (χ1n) is 6.09. The van der Waals surface area contributed by atoms with Gasteiger partial charge in [-0.25, -0.2) is 0 Å². The maximum absolute atomic E-state index is 9.77. The predicted molar refractivity (Wildman–Crippen MR) is 67.9 cm³/mol. The van der Waals surface area contributed by atoms with Gasteiger partial charge in [0.15, 0.2) is 0 Å². The van der Waals surface area contributed by atoms with Crippen molar-refractivity contribution >= 4 is 0 Å². The van der Waals surface area contributed by atoms with Crippen LogP contribution in [0.15, 0.2) is 0 Å². The van der Waals surface area contributed by atoms with Gasteiger partial charge in [-0.3, -0.25) is 0 Å². The highest BCUT2D eigenvalue weighted by molar-refractivity contribution is 4.85. The van der Waals surface area contributed by atoms with Crippen molar-refractivity contribution in [1.82, 2.24) is 0 Å². The number of aliphatic hydroxyl groups is 1. The predicted octanol–water partition coefficient (Wildman–Crippen LogP) is 4.25. The van der Waals surface area contributed by atoms with Crippen molar-refractivity contribution in [3.63, 3.8) is 0 Å². The summed E-state index contributed by atoms with van der Waals surface area (Å²) in [6, 6.07) is 0. The maximum Gasteiger partial charge on any atom is 0.0592 e. The van der Waals surface area contributed by atoms with Crippen LogP contribution < -0.4 is 0 Å². The van der Waals surface area contributed by atoms with Crippen molar-refractivity contribution < 1.29 is 5.11 Å². The molecule has 1 atom stereocenters. The molecule has 0 heterocycles. The van der Waals surface area contributed by atoms with E-state index in [1.54, 1.807) is 0 Å². The Morgan fingerprint density at radius 3 is 1.53 bits per heavy atom. The fourth-order valence-corrected chi connectivity index (χ4v) is 2.02. The van der Waals surface area contributed by atoms with Crippen molar-refractivity contribution in [3.05, 3.63) is 0 Å². The lowest BCUT2D eigenvalue weighted by molar-refractivity contribution is 0.0301. The molecule has 0 aliphatic carbocycles. The SMILES string of the molecule is C[C@H](C(C)(C)C)C(C)(C)CCC(C)(C)O. The fraction of sp³-hybridized carbons (Fsp3) is 1.00. The summed E-state index contributed by atoms with van der Waals surface area (Å²) >= 11 is 0. The molecule has 0 unspecified atom stereocenters. The molecular formula is C14H30O. The van der Waals surface area contributed by atoms with Gasteiger partial charge in [0.1, 0.15) is 0 Å². The van der Waals surface area contributed by atoms with Gasteiger partial charge < -0.3 is 5.11 Å². The second-order valence-corrected chi connectivity index (χ2v) is 7.39. The smallest absolute Gasteiger partial charge is 0.0592 e. The van der Waals surface area contributed by atoms with Crippen LogP contribution in [0.25, 0.3) is 0 Å². The molecule has 0 rings (SSSR count). The van der Waals surface area contributed by atoms with Gasteiger partial charge in [-0.2, -0.15) is 0 Å². The third kappa shape index (κ3) is 5.55. The summed E-state index contributed by atoms with van der Waals surface area (Å²) < 4.78 is 0. The van der Waals surface area contributed by atoms with E-state index in [0.717, 1.165) is 12.8 Å². The normalized spacial score (nSPS) is 16.6. The molecule has 0 fully saturated rings. The summed E-state index contributed by atoms with van der Waals surface area (Å²) in [4.78, 5) is 0. The molecule has 0 spiro atoms. The molecule has 0 radical (unpaired) electrons.